The van der Waals surface area contributed by atoms with E-state index in [4.69, 9.17) is 5.26 Å². The summed E-state index contributed by atoms with van der Waals surface area (Å²) in [7, 11) is 0. The van der Waals surface area contributed by atoms with Gasteiger partial charge in [0.05, 0.1) is 11.6 Å². The Morgan fingerprint density at radius 1 is 1.28 bits per heavy atom. The summed E-state index contributed by atoms with van der Waals surface area (Å²) in [5.74, 6) is -0.249. The molecular formula is C15H17FN2. The Kier molecular flexibility index (Phi) is 2.83. The third-order valence-corrected chi connectivity index (χ3v) is 4.36. The van der Waals surface area contributed by atoms with Gasteiger partial charge in [0.15, 0.2) is 0 Å². The van der Waals surface area contributed by atoms with E-state index in [9.17, 15) is 4.39 Å². The van der Waals surface area contributed by atoms with E-state index in [1.54, 1.807) is 12.1 Å². The van der Waals surface area contributed by atoms with Crippen molar-refractivity contribution >= 4 is 0 Å². The predicted molar refractivity (Wildman–Crippen MR) is 67.3 cm³/mol. The summed E-state index contributed by atoms with van der Waals surface area (Å²) in [5, 5.41) is 8.70. The first-order valence-corrected chi connectivity index (χ1v) is 6.62. The normalized spacial score (nSPS) is 21.8. The molecule has 0 bridgehead atoms. The Balaban J connectivity index is 1.63. The molecule has 1 heterocycles. The molecule has 0 aromatic heterocycles. The van der Waals surface area contributed by atoms with Crippen LogP contribution in [0.5, 0.6) is 0 Å². The maximum atomic E-state index is 13.7. The van der Waals surface area contributed by atoms with Gasteiger partial charge in [0.1, 0.15) is 5.82 Å². The SMILES string of the molecule is N#Cc1ccc(CN2CC3(CCCC3)C2)c(F)c1. The van der Waals surface area contributed by atoms with Gasteiger partial charge in [0.25, 0.3) is 0 Å². The van der Waals surface area contributed by atoms with Crippen LogP contribution >= 0.6 is 0 Å². The fraction of sp³-hybridized carbons (Fsp3) is 0.533. The van der Waals surface area contributed by atoms with Gasteiger partial charge in [-0.1, -0.05) is 18.9 Å². The molecule has 1 aliphatic heterocycles. The molecule has 0 unspecified atom stereocenters. The maximum absolute atomic E-state index is 13.7. The van der Waals surface area contributed by atoms with Gasteiger partial charge < -0.3 is 0 Å². The summed E-state index contributed by atoms with van der Waals surface area (Å²) < 4.78 is 13.7. The molecule has 1 spiro atoms. The molecule has 1 saturated carbocycles. The van der Waals surface area contributed by atoms with E-state index < -0.39 is 0 Å². The van der Waals surface area contributed by atoms with Crippen LogP contribution in [0.2, 0.25) is 0 Å². The van der Waals surface area contributed by atoms with Gasteiger partial charge >= 0.3 is 0 Å². The lowest BCUT2D eigenvalue weighted by Gasteiger charge is -2.48. The van der Waals surface area contributed by atoms with Gasteiger partial charge in [-0.3, -0.25) is 4.90 Å². The molecule has 1 aromatic carbocycles. The molecule has 94 valence electrons. The van der Waals surface area contributed by atoms with Crippen LogP contribution in [0.15, 0.2) is 18.2 Å². The average Bonchev–Trinajstić information content (AvgIpc) is 2.80. The molecule has 0 atom stereocenters. The first-order chi connectivity index (χ1) is 8.71. The summed E-state index contributed by atoms with van der Waals surface area (Å²) in [6.07, 6.45) is 5.41. The van der Waals surface area contributed by atoms with Crippen LogP contribution in [0.4, 0.5) is 4.39 Å². The topological polar surface area (TPSA) is 27.0 Å². The van der Waals surface area contributed by atoms with Crippen molar-refractivity contribution in [2.45, 2.75) is 32.2 Å². The molecule has 1 aliphatic carbocycles. The van der Waals surface area contributed by atoms with Crippen LogP contribution < -0.4 is 0 Å². The van der Waals surface area contributed by atoms with Gasteiger partial charge in [0.2, 0.25) is 0 Å². The van der Waals surface area contributed by atoms with Crippen LogP contribution in [0.1, 0.15) is 36.8 Å². The smallest absolute Gasteiger partial charge is 0.129 e. The quantitative estimate of drug-likeness (QED) is 0.799. The fourth-order valence-corrected chi connectivity index (χ4v) is 3.44. The van der Waals surface area contributed by atoms with Gasteiger partial charge in [-0.25, -0.2) is 4.39 Å². The Morgan fingerprint density at radius 3 is 2.61 bits per heavy atom. The van der Waals surface area contributed by atoms with Crippen molar-refractivity contribution in [2.24, 2.45) is 5.41 Å². The minimum Gasteiger partial charge on any atom is -0.298 e. The molecule has 3 rings (SSSR count). The number of hydrogen-bond donors (Lipinski definition) is 0. The van der Waals surface area contributed by atoms with Gasteiger partial charge in [-0.05, 0) is 30.4 Å². The van der Waals surface area contributed by atoms with Crippen LogP contribution in [-0.2, 0) is 6.54 Å². The number of rotatable bonds is 2. The van der Waals surface area contributed by atoms with Gasteiger partial charge in [-0.2, -0.15) is 5.26 Å². The third-order valence-electron chi connectivity index (χ3n) is 4.36. The zero-order chi connectivity index (χ0) is 12.6. The van der Waals surface area contributed by atoms with E-state index >= 15 is 0 Å². The van der Waals surface area contributed by atoms with Crippen LogP contribution in [0, 0.1) is 22.6 Å². The second-order valence-electron chi connectivity index (χ2n) is 5.77. The molecule has 1 saturated heterocycles. The standard InChI is InChI=1S/C15H17FN2/c16-14-7-12(8-17)3-4-13(14)9-18-10-15(11-18)5-1-2-6-15/h3-4,7H,1-2,5-6,9-11H2. The van der Waals surface area contributed by atoms with Crippen LogP contribution in [0.3, 0.4) is 0 Å². The molecule has 3 heteroatoms. The first kappa shape index (κ1) is 11.7. The summed E-state index contributed by atoms with van der Waals surface area (Å²) in [4.78, 5) is 2.32. The average molecular weight is 244 g/mol. The van der Waals surface area contributed by atoms with Crippen molar-refractivity contribution < 1.29 is 4.39 Å². The Labute approximate surface area is 107 Å². The van der Waals surface area contributed by atoms with Crippen molar-refractivity contribution in [3.8, 4) is 6.07 Å². The molecule has 0 radical (unpaired) electrons. The second-order valence-corrected chi connectivity index (χ2v) is 5.77. The fourth-order valence-electron chi connectivity index (χ4n) is 3.44. The van der Waals surface area contributed by atoms with Crippen molar-refractivity contribution in [1.82, 2.24) is 4.90 Å². The molecule has 2 aliphatic rings. The summed E-state index contributed by atoms with van der Waals surface area (Å²) in [6.45, 7) is 2.91. The van der Waals surface area contributed by atoms with Crippen LogP contribution in [0.25, 0.3) is 0 Å². The zero-order valence-electron chi connectivity index (χ0n) is 10.5. The summed E-state index contributed by atoms with van der Waals surface area (Å²) in [5.41, 5.74) is 1.66. The Morgan fingerprint density at radius 2 is 2.00 bits per heavy atom. The summed E-state index contributed by atoms with van der Waals surface area (Å²) >= 11 is 0. The van der Waals surface area contributed by atoms with E-state index in [2.05, 4.69) is 4.90 Å². The van der Waals surface area contributed by atoms with Crippen molar-refractivity contribution in [3.63, 3.8) is 0 Å². The first-order valence-electron chi connectivity index (χ1n) is 6.62. The monoisotopic (exact) mass is 244 g/mol. The number of halogens is 1. The Bertz CT molecular complexity index is 490. The highest BCUT2D eigenvalue weighted by atomic mass is 19.1. The molecule has 2 fully saturated rings. The number of nitriles is 1. The molecule has 0 amide bonds. The van der Waals surface area contributed by atoms with Crippen LogP contribution in [-0.4, -0.2) is 18.0 Å². The molecule has 18 heavy (non-hydrogen) atoms. The highest BCUT2D eigenvalue weighted by Crippen LogP contribution is 2.45. The lowest BCUT2D eigenvalue weighted by molar-refractivity contribution is -0.000945. The minimum atomic E-state index is -0.249. The molecule has 0 N–H and O–H groups in total. The lowest BCUT2D eigenvalue weighted by atomic mass is 9.78. The minimum absolute atomic E-state index is 0.249. The number of hydrogen-bond acceptors (Lipinski definition) is 2. The largest absolute Gasteiger partial charge is 0.298 e. The Hall–Kier alpha value is -1.40. The zero-order valence-corrected chi connectivity index (χ0v) is 10.5. The highest BCUT2D eigenvalue weighted by molar-refractivity contribution is 5.33. The van der Waals surface area contributed by atoms with E-state index in [1.807, 2.05) is 6.07 Å². The van der Waals surface area contributed by atoms with Crippen molar-refractivity contribution in [3.05, 3.63) is 35.1 Å². The van der Waals surface area contributed by atoms with E-state index in [0.717, 1.165) is 13.1 Å². The highest BCUT2D eigenvalue weighted by Gasteiger charge is 2.44. The van der Waals surface area contributed by atoms with Crippen molar-refractivity contribution in [1.29, 1.82) is 5.26 Å². The second kappa shape index (κ2) is 4.37. The van der Waals surface area contributed by atoms with Gasteiger partial charge in [-0.15, -0.1) is 0 Å². The molecule has 2 nitrogen and oxygen atoms in total. The molecular weight excluding hydrogens is 227 g/mol. The number of benzene rings is 1. The predicted octanol–water partition coefficient (Wildman–Crippen LogP) is 3.07. The van der Waals surface area contributed by atoms with Gasteiger partial charge in [0, 0.05) is 25.2 Å². The van der Waals surface area contributed by atoms with E-state index in [0.29, 0.717) is 23.1 Å². The summed E-state index contributed by atoms with van der Waals surface area (Å²) in [6, 6.07) is 6.74. The maximum Gasteiger partial charge on any atom is 0.129 e. The third kappa shape index (κ3) is 2.02. The van der Waals surface area contributed by atoms with Crippen molar-refractivity contribution in [2.75, 3.05) is 13.1 Å². The van der Waals surface area contributed by atoms with E-state index in [1.165, 1.54) is 31.7 Å². The number of likely N-dealkylation sites (tertiary alicyclic amines) is 1. The molecule has 1 aromatic rings. The lowest BCUT2D eigenvalue weighted by Crippen LogP contribution is -2.54. The number of nitrogens with zero attached hydrogens (tertiary/aromatic N) is 2. The van der Waals surface area contributed by atoms with E-state index in [-0.39, 0.29) is 5.82 Å².